The van der Waals surface area contributed by atoms with Crippen LogP contribution in [0.4, 0.5) is 5.82 Å². The first-order valence-corrected chi connectivity index (χ1v) is 4.11. The summed E-state index contributed by atoms with van der Waals surface area (Å²) >= 11 is 0.798. The second-order valence-corrected chi connectivity index (χ2v) is 2.61. The van der Waals surface area contributed by atoms with Crippen LogP contribution in [0.1, 0.15) is 11.4 Å². The lowest BCUT2D eigenvalue weighted by atomic mass is 10.3. The van der Waals surface area contributed by atoms with Crippen molar-refractivity contribution in [3.05, 3.63) is 17.6 Å². The van der Waals surface area contributed by atoms with Crippen LogP contribution in [0.5, 0.6) is 0 Å². The van der Waals surface area contributed by atoms with Crippen molar-refractivity contribution >= 4 is 24.8 Å². The molecule has 12 heavy (non-hydrogen) atoms. The lowest BCUT2D eigenvalue weighted by Gasteiger charge is -2.03. The Morgan fingerprint density at radius 1 is 1.75 bits per heavy atom. The van der Waals surface area contributed by atoms with Gasteiger partial charge in [0.2, 0.25) is 7.12 Å². The van der Waals surface area contributed by atoms with E-state index in [1.54, 1.807) is 13.1 Å². The average molecular weight is 181 g/mol. The highest BCUT2D eigenvalue weighted by atomic mass is 32.2. The van der Waals surface area contributed by atoms with Gasteiger partial charge in [0.05, 0.1) is 6.61 Å². The molecule has 0 unspecified atom stereocenters. The van der Waals surface area contributed by atoms with E-state index in [0.29, 0.717) is 18.2 Å². The lowest BCUT2D eigenvalue weighted by Crippen LogP contribution is -2.01. The molecular formula is C6H8BN3OS. The number of aryl methyl sites for hydroxylation is 1. The van der Waals surface area contributed by atoms with E-state index in [1.165, 1.54) is 0 Å². The maximum atomic E-state index is 5.58. The number of nitrogens with two attached hydrogens (primary N) is 1. The van der Waals surface area contributed by atoms with E-state index >= 15 is 0 Å². The maximum absolute atomic E-state index is 5.58. The molecule has 0 aliphatic heterocycles. The molecule has 1 heterocycles. The van der Waals surface area contributed by atoms with E-state index in [2.05, 4.69) is 9.97 Å². The zero-order chi connectivity index (χ0) is 8.97. The molecule has 1 rings (SSSR count). The first kappa shape index (κ1) is 9.34. The summed E-state index contributed by atoms with van der Waals surface area (Å²) in [6, 6.07) is 0. The molecule has 0 aliphatic carbocycles. The maximum Gasteiger partial charge on any atom is 0.203 e. The smallest absolute Gasteiger partial charge is 0.203 e. The number of anilines is 1. The Morgan fingerprint density at radius 2 is 2.50 bits per heavy atom. The van der Waals surface area contributed by atoms with Crippen LogP contribution >= 0.6 is 11.9 Å². The lowest BCUT2D eigenvalue weighted by molar-refractivity contribution is 0.369. The van der Waals surface area contributed by atoms with Crippen molar-refractivity contribution in [2.75, 3.05) is 5.73 Å². The normalized spacial score (nSPS) is 10.1. The van der Waals surface area contributed by atoms with Crippen molar-refractivity contribution in [1.29, 1.82) is 0 Å². The van der Waals surface area contributed by atoms with Crippen LogP contribution < -0.4 is 5.73 Å². The summed E-state index contributed by atoms with van der Waals surface area (Å²) in [6.07, 6.45) is 1.63. The number of rotatable bonds is 3. The predicted octanol–water partition coefficient (Wildman–Crippen LogP) is 0.616. The van der Waals surface area contributed by atoms with Gasteiger partial charge in [-0.15, -0.1) is 0 Å². The predicted molar refractivity (Wildman–Crippen MR) is 49.3 cm³/mol. The van der Waals surface area contributed by atoms with Crippen molar-refractivity contribution < 1.29 is 4.18 Å². The molecule has 1 aromatic rings. The Kier molecular flexibility index (Phi) is 3.37. The van der Waals surface area contributed by atoms with Gasteiger partial charge in [0.25, 0.3) is 0 Å². The largest absolute Gasteiger partial charge is 0.383 e. The van der Waals surface area contributed by atoms with Crippen LogP contribution in [0.3, 0.4) is 0 Å². The van der Waals surface area contributed by atoms with Crippen LogP contribution in [-0.2, 0) is 10.8 Å². The van der Waals surface area contributed by atoms with Gasteiger partial charge in [0.1, 0.15) is 11.6 Å². The van der Waals surface area contributed by atoms with Crippen molar-refractivity contribution in [2.45, 2.75) is 13.5 Å². The fraction of sp³-hybridized carbons (Fsp3) is 0.333. The third-order valence-electron chi connectivity index (χ3n) is 1.30. The summed E-state index contributed by atoms with van der Waals surface area (Å²) in [6.45, 7) is 2.10. The molecule has 62 valence electrons. The van der Waals surface area contributed by atoms with Crippen LogP contribution in [0.2, 0.25) is 0 Å². The zero-order valence-electron chi connectivity index (χ0n) is 6.65. The second-order valence-electron chi connectivity index (χ2n) is 2.19. The summed E-state index contributed by atoms with van der Waals surface area (Å²) in [5.74, 6) is 1.09. The molecule has 0 amide bonds. The highest BCUT2D eigenvalue weighted by molar-refractivity contribution is 8.15. The molecule has 6 heteroatoms. The molecule has 0 aliphatic rings. The van der Waals surface area contributed by atoms with Gasteiger partial charge in [0, 0.05) is 11.8 Å². The fourth-order valence-electron chi connectivity index (χ4n) is 0.721. The van der Waals surface area contributed by atoms with Crippen molar-refractivity contribution in [1.82, 2.24) is 9.97 Å². The summed E-state index contributed by atoms with van der Waals surface area (Å²) < 4.78 is 4.87. The van der Waals surface area contributed by atoms with Crippen molar-refractivity contribution in [2.24, 2.45) is 0 Å². The van der Waals surface area contributed by atoms with Gasteiger partial charge < -0.3 is 9.92 Å². The molecule has 0 aromatic carbocycles. The monoisotopic (exact) mass is 181 g/mol. The number of aromatic nitrogens is 2. The van der Waals surface area contributed by atoms with E-state index < -0.39 is 0 Å². The standard InChI is InChI=1S/C6H8BN3OS/c1-4-9-2-5(3-11-12-7)6(8)10-4/h2H,3H2,1H3,(H2,8,9,10). The molecule has 0 saturated heterocycles. The Labute approximate surface area is 76.4 Å². The highest BCUT2D eigenvalue weighted by Crippen LogP contribution is 2.10. The Hall–Kier alpha value is -0.745. The van der Waals surface area contributed by atoms with E-state index in [9.17, 15) is 0 Å². The SMILES string of the molecule is [B]SOCc1cnc(C)nc1N. The van der Waals surface area contributed by atoms with E-state index in [0.717, 1.165) is 17.5 Å². The molecule has 4 nitrogen and oxygen atoms in total. The Balaban J connectivity index is 2.72. The molecule has 2 radical (unpaired) electrons. The molecular weight excluding hydrogens is 173 g/mol. The first-order valence-electron chi connectivity index (χ1n) is 3.30. The molecule has 1 aromatic heterocycles. The molecule has 0 saturated carbocycles. The first-order chi connectivity index (χ1) is 5.74. The topological polar surface area (TPSA) is 61.0 Å². The average Bonchev–Trinajstić information content (AvgIpc) is 2.03. The van der Waals surface area contributed by atoms with Gasteiger partial charge in [-0.25, -0.2) is 9.97 Å². The van der Waals surface area contributed by atoms with E-state index in [4.69, 9.17) is 17.0 Å². The minimum absolute atomic E-state index is 0.327. The number of nitrogen functional groups attached to an aromatic ring is 1. The minimum Gasteiger partial charge on any atom is -0.383 e. The van der Waals surface area contributed by atoms with Crippen LogP contribution in [0.15, 0.2) is 6.20 Å². The third-order valence-corrected chi connectivity index (χ3v) is 1.55. The zero-order valence-corrected chi connectivity index (χ0v) is 7.47. The van der Waals surface area contributed by atoms with Gasteiger partial charge in [0.15, 0.2) is 0 Å². The third kappa shape index (κ3) is 2.39. The van der Waals surface area contributed by atoms with Crippen molar-refractivity contribution in [3.8, 4) is 0 Å². The number of hydrogen-bond acceptors (Lipinski definition) is 5. The van der Waals surface area contributed by atoms with E-state index in [1.807, 2.05) is 0 Å². The summed E-state index contributed by atoms with van der Waals surface area (Å²) in [5, 5.41) is 0. The molecule has 0 atom stereocenters. The number of hydrogen-bond donors (Lipinski definition) is 1. The quantitative estimate of drug-likeness (QED) is 0.546. The van der Waals surface area contributed by atoms with Gasteiger partial charge >= 0.3 is 0 Å². The van der Waals surface area contributed by atoms with Crippen LogP contribution in [-0.4, -0.2) is 17.1 Å². The van der Waals surface area contributed by atoms with Gasteiger partial charge in [-0.05, 0) is 6.92 Å². The highest BCUT2D eigenvalue weighted by Gasteiger charge is 2.00. The second kappa shape index (κ2) is 4.32. The molecule has 0 bridgehead atoms. The summed E-state index contributed by atoms with van der Waals surface area (Å²) in [5.41, 5.74) is 6.33. The summed E-state index contributed by atoms with van der Waals surface area (Å²) in [4.78, 5) is 7.93. The molecule has 0 fully saturated rings. The molecule has 2 N–H and O–H groups in total. The van der Waals surface area contributed by atoms with Crippen LogP contribution in [0.25, 0.3) is 0 Å². The summed E-state index contributed by atoms with van der Waals surface area (Å²) in [7, 11) is 5.07. The van der Waals surface area contributed by atoms with E-state index in [-0.39, 0.29) is 0 Å². The van der Waals surface area contributed by atoms with Gasteiger partial charge in [-0.1, -0.05) is 11.9 Å². The minimum atomic E-state index is 0.327. The fourth-order valence-corrected chi connectivity index (χ4v) is 0.916. The van der Waals surface area contributed by atoms with Gasteiger partial charge in [-0.3, -0.25) is 0 Å². The van der Waals surface area contributed by atoms with Crippen LogP contribution in [0, 0.1) is 6.92 Å². The van der Waals surface area contributed by atoms with Gasteiger partial charge in [-0.2, -0.15) is 0 Å². The molecule has 0 spiro atoms. The number of nitrogens with zero attached hydrogens (tertiary/aromatic N) is 2. The Bertz CT molecular complexity index is 271. The Morgan fingerprint density at radius 3 is 3.08 bits per heavy atom. The van der Waals surface area contributed by atoms with Crippen molar-refractivity contribution in [3.63, 3.8) is 0 Å².